The van der Waals surface area contributed by atoms with Crippen molar-refractivity contribution in [1.29, 1.82) is 0 Å². The lowest BCUT2D eigenvalue weighted by atomic mass is 10.0. The fraction of sp³-hybridized carbons (Fsp3) is 0.862. The highest BCUT2D eigenvalue weighted by Crippen LogP contribution is 2.16. The highest BCUT2D eigenvalue weighted by atomic mass is 16.5. The van der Waals surface area contributed by atoms with Gasteiger partial charge in [0.2, 0.25) is 5.91 Å². The number of aliphatic hydroxyl groups excluding tert-OH is 2. The molecule has 0 bridgehead atoms. The second kappa shape index (κ2) is 53.7. The van der Waals surface area contributed by atoms with Crippen molar-refractivity contribution in [2.75, 3.05) is 13.2 Å². The van der Waals surface area contributed by atoms with Crippen LogP contribution >= 0.6 is 0 Å². The van der Waals surface area contributed by atoms with Gasteiger partial charge >= 0.3 is 5.97 Å². The van der Waals surface area contributed by atoms with Crippen molar-refractivity contribution >= 4 is 11.9 Å². The second-order valence-electron chi connectivity index (χ2n) is 19.3. The molecule has 0 aromatic carbocycles. The third-order valence-corrected chi connectivity index (χ3v) is 12.9. The first-order valence-electron chi connectivity index (χ1n) is 28.3. The van der Waals surface area contributed by atoms with Crippen LogP contribution in [0.4, 0.5) is 0 Å². The van der Waals surface area contributed by atoms with Gasteiger partial charge in [-0.1, -0.05) is 256 Å². The Balaban J connectivity index is 3.52. The molecule has 0 saturated carbocycles. The number of carbonyl (C=O) groups excluding carboxylic acids is 2. The summed E-state index contributed by atoms with van der Waals surface area (Å²) in [5, 5.41) is 23.1. The summed E-state index contributed by atoms with van der Waals surface area (Å²) in [6, 6.07) is -0.635. The number of esters is 1. The Hall–Kier alpha value is -1.92. The van der Waals surface area contributed by atoms with Crippen LogP contribution in [0.3, 0.4) is 0 Å². The average Bonchev–Trinajstić information content (AvgIpc) is 3.29. The van der Waals surface area contributed by atoms with E-state index in [2.05, 4.69) is 43.5 Å². The SMILES string of the molecule is CCCCCCCCCCCCCCCCC/C=C/C(O)C(CO)NC(=O)CCCCCCCCCCCC/C=C\C=C/CCCCCOC(=O)CCCCCCCCCCCCC. The van der Waals surface area contributed by atoms with Gasteiger partial charge in [-0.05, 0) is 64.2 Å². The number of unbranched alkanes of at least 4 members (excludes halogenated alkanes) is 38. The van der Waals surface area contributed by atoms with Gasteiger partial charge in [-0.25, -0.2) is 0 Å². The van der Waals surface area contributed by atoms with Gasteiger partial charge in [0.15, 0.2) is 0 Å². The summed E-state index contributed by atoms with van der Waals surface area (Å²) in [4.78, 5) is 24.4. The van der Waals surface area contributed by atoms with Crippen LogP contribution in [0.2, 0.25) is 0 Å². The third-order valence-electron chi connectivity index (χ3n) is 12.9. The molecular weight excluding hydrogens is 791 g/mol. The molecule has 0 aliphatic carbocycles. The van der Waals surface area contributed by atoms with E-state index in [4.69, 9.17) is 4.74 Å². The topological polar surface area (TPSA) is 95.9 Å². The zero-order chi connectivity index (χ0) is 46.5. The van der Waals surface area contributed by atoms with Crippen molar-refractivity contribution in [1.82, 2.24) is 5.32 Å². The molecule has 376 valence electrons. The van der Waals surface area contributed by atoms with Crippen molar-refractivity contribution in [2.45, 2.75) is 309 Å². The van der Waals surface area contributed by atoms with Crippen LogP contribution in [0.25, 0.3) is 0 Å². The van der Waals surface area contributed by atoms with Crippen LogP contribution in [0.1, 0.15) is 296 Å². The molecule has 6 nitrogen and oxygen atoms in total. The van der Waals surface area contributed by atoms with Crippen molar-refractivity contribution in [2.24, 2.45) is 0 Å². The Labute approximate surface area is 398 Å². The van der Waals surface area contributed by atoms with Gasteiger partial charge in [0.05, 0.1) is 25.4 Å². The van der Waals surface area contributed by atoms with Crippen LogP contribution in [0, 0.1) is 0 Å². The lowest BCUT2D eigenvalue weighted by molar-refractivity contribution is -0.143. The predicted octanol–water partition coefficient (Wildman–Crippen LogP) is 17.2. The summed E-state index contributed by atoms with van der Waals surface area (Å²) >= 11 is 0. The van der Waals surface area contributed by atoms with Gasteiger partial charge in [0.25, 0.3) is 0 Å². The summed E-state index contributed by atoms with van der Waals surface area (Å²) in [5.74, 6) is -0.0915. The minimum absolute atomic E-state index is 0.0147. The lowest BCUT2D eigenvalue weighted by Crippen LogP contribution is -2.45. The second-order valence-corrected chi connectivity index (χ2v) is 19.3. The largest absolute Gasteiger partial charge is 0.466 e. The quantitative estimate of drug-likeness (QED) is 0.0245. The maximum absolute atomic E-state index is 12.5. The number of hydrogen-bond donors (Lipinski definition) is 3. The standard InChI is InChI=1S/C58H109NO5/c1-3-5-7-9-11-13-15-16-17-21-24-27-31-34-38-42-46-50-56(61)55(54-60)59-57(62)51-47-43-39-35-32-28-25-22-19-18-20-23-26-29-33-37-41-45-49-53-64-58(63)52-48-44-40-36-30-14-12-10-8-6-4-2/h23,26,29,33,46,50,55-56,60-61H,3-22,24-25,27-28,30-32,34-45,47-49,51-54H2,1-2H3,(H,59,62)/b26-23-,33-29-,50-46+. The van der Waals surface area contributed by atoms with Gasteiger partial charge < -0.3 is 20.3 Å². The van der Waals surface area contributed by atoms with Crippen molar-refractivity contribution in [3.8, 4) is 0 Å². The third kappa shape index (κ3) is 49.5. The minimum atomic E-state index is -0.851. The molecule has 0 spiro atoms. The molecule has 2 atom stereocenters. The first-order chi connectivity index (χ1) is 31.5. The number of carbonyl (C=O) groups is 2. The molecule has 2 unspecified atom stereocenters. The van der Waals surface area contributed by atoms with E-state index >= 15 is 0 Å². The molecule has 0 fully saturated rings. The van der Waals surface area contributed by atoms with Gasteiger partial charge in [-0.15, -0.1) is 0 Å². The van der Waals surface area contributed by atoms with Gasteiger partial charge in [0.1, 0.15) is 0 Å². The number of allylic oxidation sites excluding steroid dienone is 5. The Morgan fingerprint density at radius 3 is 1.16 bits per heavy atom. The summed E-state index contributed by atoms with van der Waals surface area (Å²) in [6.45, 7) is 4.86. The molecule has 6 heteroatoms. The van der Waals surface area contributed by atoms with Crippen molar-refractivity contribution in [3.05, 3.63) is 36.5 Å². The molecule has 0 aromatic rings. The van der Waals surface area contributed by atoms with E-state index < -0.39 is 12.1 Å². The van der Waals surface area contributed by atoms with Crippen LogP contribution in [-0.2, 0) is 14.3 Å². The predicted molar refractivity (Wildman–Crippen MR) is 278 cm³/mol. The molecule has 64 heavy (non-hydrogen) atoms. The van der Waals surface area contributed by atoms with E-state index in [1.807, 2.05) is 6.08 Å². The molecular formula is C58H109NO5. The van der Waals surface area contributed by atoms with E-state index in [0.29, 0.717) is 19.4 Å². The molecule has 3 N–H and O–H groups in total. The zero-order valence-corrected chi connectivity index (χ0v) is 42.8. The number of ether oxygens (including phenoxy) is 1. The van der Waals surface area contributed by atoms with Gasteiger partial charge in [-0.2, -0.15) is 0 Å². The highest BCUT2D eigenvalue weighted by Gasteiger charge is 2.18. The summed E-state index contributed by atoms with van der Waals surface area (Å²) < 4.78 is 5.43. The maximum atomic E-state index is 12.5. The molecule has 1 amide bonds. The van der Waals surface area contributed by atoms with E-state index in [-0.39, 0.29) is 18.5 Å². The summed E-state index contributed by atoms with van der Waals surface area (Å²) in [5.41, 5.74) is 0. The van der Waals surface area contributed by atoms with Crippen LogP contribution in [0.5, 0.6) is 0 Å². The number of amides is 1. The van der Waals surface area contributed by atoms with Crippen molar-refractivity contribution in [3.63, 3.8) is 0 Å². The minimum Gasteiger partial charge on any atom is -0.466 e. The number of hydrogen-bond acceptors (Lipinski definition) is 5. The number of aliphatic hydroxyl groups is 2. The van der Waals surface area contributed by atoms with Gasteiger partial charge in [-0.3, -0.25) is 9.59 Å². The summed E-state index contributed by atoms with van der Waals surface area (Å²) in [7, 11) is 0. The van der Waals surface area contributed by atoms with E-state index in [1.54, 1.807) is 6.08 Å². The Morgan fingerprint density at radius 2 is 0.766 bits per heavy atom. The Morgan fingerprint density at radius 1 is 0.438 bits per heavy atom. The Bertz CT molecular complexity index is 1040. The molecule has 0 heterocycles. The zero-order valence-electron chi connectivity index (χ0n) is 42.8. The van der Waals surface area contributed by atoms with Crippen LogP contribution in [0.15, 0.2) is 36.5 Å². The first-order valence-corrected chi connectivity index (χ1v) is 28.3. The highest BCUT2D eigenvalue weighted by molar-refractivity contribution is 5.76. The average molecular weight is 901 g/mol. The first kappa shape index (κ1) is 62.1. The normalized spacial score (nSPS) is 12.9. The molecule has 0 aliphatic heterocycles. The fourth-order valence-corrected chi connectivity index (χ4v) is 8.57. The fourth-order valence-electron chi connectivity index (χ4n) is 8.57. The van der Waals surface area contributed by atoms with Gasteiger partial charge in [0, 0.05) is 12.8 Å². The monoisotopic (exact) mass is 900 g/mol. The molecule has 0 radical (unpaired) electrons. The Kier molecular flexibility index (Phi) is 52.1. The molecule has 0 aliphatic rings. The van der Waals surface area contributed by atoms with E-state index in [0.717, 1.165) is 77.0 Å². The van der Waals surface area contributed by atoms with Crippen LogP contribution in [-0.4, -0.2) is 47.4 Å². The lowest BCUT2D eigenvalue weighted by Gasteiger charge is -2.20. The molecule has 0 rings (SSSR count). The number of rotatable bonds is 52. The van der Waals surface area contributed by atoms with Crippen LogP contribution < -0.4 is 5.32 Å². The molecule has 0 aromatic heterocycles. The van der Waals surface area contributed by atoms with Crippen molar-refractivity contribution < 1.29 is 24.5 Å². The molecule has 0 saturated heterocycles. The number of nitrogens with one attached hydrogen (secondary N) is 1. The summed E-state index contributed by atoms with van der Waals surface area (Å²) in [6.07, 6.45) is 65.9. The van der Waals surface area contributed by atoms with E-state index in [1.165, 1.54) is 193 Å². The maximum Gasteiger partial charge on any atom is 0.305 e. The smallest absolute Gasteiger partial charge is 0.305 e. The van der Waals surface area contributed by atoms with E-state index in [9.17, 15) is 19.8 Å².